The molecular formula is C32H41N3O6. The molecule has 220 valence electrons. The first kappa shape index (κ1) is 28.8. The van der Waals surface area contributed by atoms with Gasteiger partial charge in [-0.05, 0) is 80.2 Å². The molecule has 0 aromatic heterocycles. The van der Waals surface area contributed by atoms with Crippen LogP contribution in [0.15, 0.2) is 42.5 Å². The Hall–Kier alpha value is -3.75. The second-order valence-electron chi connectivity index (χ2n) is 12.7. The molecule has 2 aromatic carbocycles. The molecular weight excluding hydrogens is 522 g/mol. The molecule has 0 saturated carbocycles. The van der Waals surface area contributed by atoms with Gasteiger partial charge in [-0.2, -0.15) is 0 Å². The quantitative estimate of drug-likeness (QED) is 0.561. The third-order valence-corrected chi connectivity index (χ3v) is 8.43. The van der Waals surface area contributed by atoms with Crippen LogP contribution in [0.4, 0.5) is 4.79 Å². The fraction of sp³-hybridized carbons (Fsp3) is 0.531. The van der Waals surface area contributed by atoms with Crippen LogP contribution in [0.3, 0.4) is 0 Å². The number of nitrogens with zero attached hydrogens (tertiary/aromatic N) is 2. The third kappa shape index (κ3) is 6.29. The maximum atomic E-state index is 13.9. The van der Waals surface area contributed by atoms with E-state index in [1.54, 1.807) is 39.8 Å². The standard InChI is InChI=1S/C32H41N3O6/c1-31(2,3)41-30(38)33-25(16-21-10-11-26-27(17-21)40-20-39-26)29(37)35-14-12-32(13-15-35)19-22(18-28(36)34(4)5)23-8-6-7-9-24(23)32/h6-11,17,22,25H,12-16,18-20H2,1-5H3,(H,33,38). The highest BCUT2D eigenvalue weighted by molar-refractivity contribution is 5.86. The molecule has 1 spiro atoms. The molecule has 41 heavy (non-hydrogen) atoms. The molecule has 0 radical (unpaired) electrons. The lowest BCUT2D eigenvalue weighted by Crippen LogP contribution is -2.54. The molecule has 2 atom stereocenters. The van der Waals surface area contributed by atoms with Gasteiger partial charge in [-0.3, -0.25) is 9.59 Å². The van der Waals surface area contributed by atoms with E-state index in [-0.39, 0.29) is 29.9 Å². The number of ether oxygens (including phenoxy) is 3. The fourth-order valence-electron chi connectivity index (χ4n) is 6.41. The van der Waals surface area contributed by atoms with E-state index in [0.717, 1.165) is 24.8 Å². The van der Waals surface area contributed by atoms with E-state index < -0.39 is 17.7 Å². The number of carbonyl (C=O) groups excluding carboxylic acids is 3. The molecule has 2 unspecified atom stereocenters. The number of benzene rings is 2. The van der Waals surface area contributed by atoms with Gasteiger partial charge in [0.2, 0.25) is 18.6 Å². The smallest absolute Gasteiger partial charge is 0.408 e. The van der Waals surface area contributed by atoms with Crippen LogP contribution in [0, 0.1) is 0 Å². The van der Waals surface area contributed by atoms with Gasteiger partial charge in [-0.25, -0.2) is 4.79 Å². The monoisotopic (exact) mass is 563 g/mol. The Morgan fingerprint density at radius 1 is 1.07 bits per heavy atom. The third-order valence-electron chi connectivity index (χ3n) is 8.43. The predicted molar refractivity (Wildman–Crippen MR) is 154 cm³/mol. The van der Waals surface area contributed by atoms with Crippen molar-refractivity contribution in [3.63, 3.8) is 0 Å². The van der Waals surface area contributed by atoms with Crippen LogP contribution in [0.5, 0.6) is 11.5 Å². The minimum absolute atomic E-state index is 0.0595. The number of alkyl carbamates (subject to hydrolysis) is 1. The van der Waals surface area contributed by atoms with Gasteiger partial charge in [0, 0.05) is 40.0 Å². The summed E-state index contributed by atoms with van der Waals surface area (Å²) in [6, 6.07) is 13.2. The van der Waals surface area contributed by atoms with Crippen molar-refractivity contribution in [1.29, 1.82) is 0 Å². The van der Waals surface area contributed by atoms with E-state index in [2.05, 4.69) is 23.5 Å². The Morgan fingerprint density at radius 3 is 2.49 bits per heavy atom. The van der Waals surface area contributed by atoms with Gasteiger partial charge in [0.1, 0.15) is 11.6 Å². The molecule has 3 aliphatic rings. The first-order valence-electron chi connectivity index (χ1n) is 14.4. The van der Waals surface area contributed by atoms with Crippen molar-refractivity contribution < 1.29 is 28.6 Å². The number of fused-ring (bicyclic) bond motifs is 3. The molecule has 1 N–H and O–H groups in total. The van der Waals surface area contributed by atoms with Crippen molar-refractivity contribution >= 4 is 17.9 Å². The number of hydrogen-bond donors (Lipinski definition) is 1. The van der Waals surface area contributed by atoms with Crippen LogP contribution in [0.25, 0.3) is 0 Å². The van der Waals surface area contributed by atoms with Gasteiger partial charge in [-0.15, -0.1) is 0 Å². The molecule has 2 aliphatic heterocycles. The number of piperidine rings is 1. The summed E-state index contributed by atoms with van der Waals surface area (Å²) >= 11 is 0. The first-order valence-corrected chi connectivity index (χ1v) is 14.4. The van der Waals surface area contributed by atoms with E-state index >= 15 is 0 Å². The minimum Gasteiger partial charge on any atom is -0.454 e. The van der Waals surface area contributed by atoms with Crippen molar-refractivity contribution in [2.75, 3.05) is 34.0 Å². The zero-order valence-corrected chi connectivity index (χ0v) is 24.7. The van der Waals surface area contributed by atoms with Gasteiger partial charge in [0.25, 0.3) is 0 Å². The number of carbonyl (C=O) groups is 3. The number of rotatable bonds is 6. The summed E-state index contributed by atoms with van der Waals surface area (Å²) in [6.45, 7) is 6.71. The Kier molecular flexibility index (Phi) is 7.90. The lowest BCUT2D eigenvalue weighted by atomic mass is 9.73. The molecule has 2 heterocycles. The Bertz CT molecular complexity index is 1310. The maximum Gasteiger partial charge on any atom is 0.408 e. The normalized spacial score (nSPS) is 19.4. The first-order chi connectivity index (χ1) is 19.4. The highest BCUT2D eigenvalue weighted by atomic mass is 16.7. The zero-order chi connectivity index (χ0) is 29.4. The molecule has 2 aromatic rings. The molecule has 1 aliphatic carbocycles. The zero-order valence-electron chi connectivity index (χ0n) is 24.7. The Morgan fingerprint density at radius 2 is 1.78 bits per heavy atom. The van der Waals surface area contributed by atoms with Crippen molar-refractivity contribution in [3.05, 3.63) is 59.2 Å². The molecule has 9 nitrogen and oxygen atoms in total. The summed E-state index contributed by atoms with van der Waals surface area (Å²) in [5, 5.41) is 2.84. The highest BCUT2D eigenvalue weighted by Gasteiger charge is 2.46. The van der Waals surface area contributed by atoms with Gasteiger partial charge in [-0.1, -0.05) is 30.3 Å². The van der Waals surface area contributed by atoms with Gasteiger partial charge >= 0.3 is 6.09 Å². The summed E-state index contributed by atoms with van der Waals surface area (Å²) in [7, 11) is 3.60. The number of likely N-dealkylation sites (tertiary alicyclic amines) is 1. The molecule has 5 rings (SSSR count). The van der Waals surface area contributed by atoms with Crippen LogP contribution < -0.4 is 14.8 Å². The van der Waals surface area contributed by atoms with E-state index in [9.17, 15) is 14.4 Å². The predicted octanol–water partition coefficient (Wildman–Crippen LogP) is 4.38. The lowest BCUT2D eigenvalue weighted by Gasteiger charge is -2.41. The molecule has 9 heteroatoms. The van der Waals surface area contributed by atoms with Crippen LogP contribution in [-0.2, 0) is 26.2 Å². The maximum absolute atomic E-state index is 13.9. The Balaban J connectivity index is 1.31. The fourth-order valence-corrected chi connectivity index (χ4v) is 6.41. The van der Waals surface area contributed by atoms with Gasteiger partial charge in [0.05, 0.1) is 0 Å². The highest BCUT2D eigenvalue weighted by Crippen LogP contribution is 2.52. The van der Waals surface area contributed by atoms with Crippen LogP contribution in [0.2, 0.25) is 0 Å². The van der Waals surface area contributed by atoms with E-state index in [4.69, 9.17) is 14.2 Å². The minimum atomic E-state index is -0.791. The summed E-state index contributed by atoms with van der Waals surface area (Å²) in [5.41, 5.74) is 2.68. The summed E-state index contributed by atoms with van der Waals surface area (Å²) in [6.07, 6.45) is 2.70. The summed E-state index contributed by atoms with van der Waals surface area (Å²) in [4.78, 5) is 42.8. The molecule has 1 saturated heterocycles. The molecule has 3 amide bonds. The average Bonchev–Trinajstić information content (AvgIpc) is 3.50. The SMILES string of the molecule is CN(C)C(=O)CC1CC2(CCN(C(=O)C(Cc3ccc4c(c3)OCO4)NC(=O)OC(C)(C)C)CC2)c2ccccc21. The Labute approximate surface area is 242 Å². The van der Waals surface area contributed by atoms with E-state index in [1.165, 1.54) is 11.1 Å². The summed E-state index contributed by atoms with van der Waals surface area (Å²) < 4.78 is 16.4. The van der Waals surface area contributed by atoms with E-state index in [1.807, 2.05) is 29.2 Å². The van der Waals surface area contributed by atoms with Gasteiger partial charge in [0.15, 0.2) is 11.5 Å². The van der Waals surface area contributed by atoms with Crippen molar-refractivity contribution in [1.82, 2.24) is 15.1 Å². The van der Waals surface area contributed by atoms with Crippen molar-refractivity contribution in [3.8, 4) is 11.5 Å². The van der Waals surface area contributed by atoms with Gasteiger partial charge < -0.3 is 29.3 Å². The van der Waals surface area contributed by atoms with Crippen LogP contribution in [-0.4, -0.2) is 73.3 Å². The number of amides is 3. The number of nitrogens with one attached hydrogen (secondary N) is 1. The van der Waals surface area contributed by atoms with Crippen LogP contribution >= 0.6 is 0 Å². The van der Waals surface area contributed by atoms with Crippen molar-refractivity contribution in [2.24, 2.45) is 0 Å². The molecule has 0 bridgehead atoms. The van der Waals surface area contributed by atoms with E-state index in [0.29, 0.717) is 37.4 Å². The second-order valence-corrected chi connectivity index (χ2v) is 12.7. The lowest BCUT2D eigenvalue weighted by molar-refractivity contribution is -0.135. The van der Waals surface area contributed by atoms with Crippen molar-refractivity contribution in [2.45, 2.75) is 75.9 Å². The summed E-state index contributed by atoms with van der Waals surface area (Å²) in [5.74, 6) is 1.48. The largest absolute Gasteiger partial charge is 0.454 e. The average molecular weight is 564 g/mol. The topological polar surface area (TPSA) is 97.4 Å². The number of hydrogen-bond acceptors (Lipinski definition) is 6. The van der Waals surface area contributed by atoms with Crippen LogP contribution in [0.1, 0.15) is 69.1 Å². The molecule has 1 fully saturated rings. The second kappa shape index (κ2) is 11.3.